The Labute approximate surface area is 163 Å². The highest BCUT2D eigenvalue weighted by atomic mass is 16.6. The Morgan fingerprint density at radius 2 is 2.07 bits per heavy atom. The van der Waals surface area contributed by atoms with E-state index in [0.29, 0.717) is 18.6 Å². The number of piperidine rings is 1. The summed E-state index contributed by atoms with van der Waals surface area (Å²) in [4.78, 5) is 31.1. The van der Waals surface area contributed by atoms with E-state index in [9.17, 15) is 14.9 Å². The molecular weight excluding hydrogens is 360 g/mol. The molecule has 28 heavy (non-hydrogen) atoms. The maximum absolute atomic E-state index is 12.4. The number of aromatic nitrogens is 1. The van der Waals surface area contributed by atoms with Crippen molar-refractivity contribution in [3.05, 3.63) is 28.4 Å². The van der Waals surface area contributed by atoms with Gasteiger partial charge in [-0.3, -0.25) is 14.9 Å². The van der Waals surface area contributed by atoms with E-state index in [-0.39, 0.29) is 30.2 Å². The molecule has 3 aliphatic heterocycles. The highest BCUT2D eigenvalue weighted by Gasteiger charge is 2.41. The van der Waals surface area contributed by atoms with E-state index in [4.69, 9.17) is 5.26 Å². The first kappa shape index (κ1) is 18.6. The summed E-state index contributed by atoms with van der Waals surface area (Å²) in [6.07, 6.45) is 6.96. The minimum atomic E-state index is -0.435. The molecule has 9 heteroatoms. The number of carbonyl (C=O) groups is 1. The van der Waals surface area contributed by atoms with Crippen molar-refractivity contribution in [3.63, 3.8) is 0 Å². The lowest BCUT2D eigenvalue weighted by Crippen LogP contribution is -2.51. The van der Waals surface area contributed by atoms with Crippen LogP contribution in [0.15, 0.2) is 18.3 Å². The maximum Gasteiger partial charge on any atom is 0.287 e. The Morgan fingerprint density at radius 1 is 1.32 bits per heavy atom. The number of carbonyl (C=O) groups excluding carboxylic acids is 1. The number of likely N-dealkylation sites (tertiary alicyclic amines) is 1. The molecule has 148 valence electrons. The molecule has 0 saturated carbocycles. The van der Waals surface area contributed by atoms with Crippen molar-refractivity contribution in [2.75, 3.05) is 18.0 Å². The molecule has 1 aromatic rings. The smallest absolute Gasteiger partial charge is 0.287 e. The lowest BCUT2D eigenvalue weighted by Gasteiger charge is -2.40. The lowest BCUT2D eigenvalue weighted by atomic mass is 9.97. The first-order chi connectivity index (χ1) is 13.6. The summed E-state index contributed by atoms with van der Waals surface area (Å²) in [5, 5.41) is 23.4. The van der Waals surface area contributed by atoms with Crippen molar-refractivity contribution in [2.45, 2.75) is 62.7 Å². The number of hydrogen-bond donors (Lipinski definition) is 1. The lowest BCUT2D eigenvalue weighted by molar-refractivity contribution is -0.385. The van der Waals surface area contributed by atoms with Gasteiger partial charge in [0.1, 0.15) is 18.1 Å². The third-order valence-corrected chi connectivity index (χ3v) is 6.20. The molecule has 4 heterocycles. The largest absolute Gasteiger partial charge is 0.351 e. The van der Waals surface area contributed by atoms with E-state index in [1.807, 2.05) is 0 Å². The van der Waals surface area contributed by atoms with Crippen molar-refractivity contribution in [1.29, 1.82) is 5.26 Å². The topological polar surface area (TPSA) is 115 Å². The third kappa shape index (κ3) is 3.52. The number of nitrogens with one attached hydrogen (secondary N) is 1. The van der Waals surface area contributed by atoms with Gasteiger partial charge < -0.3 is 15.1 Å². The van der Waals surface area contributed by atoms with Gasteiger partial charge in [-0.2, -0.15) is 5.26 Å². The van der Waals surface area contributed by atoms with E-state index in [0.717, 1.165) is 44.3 Å². The van der Waals surface area contributed by atoms with Crippen molar-refractivity contribution in [3.8, 4) is 6.07 Å². The summed E-state index contributed by atoms with van der Waals surface area (Å²) in [6, 6.07) is 6.10. The zero-order chi connectivity index (χ0) is 19.7. The van der Waals surface area contributed by atoms with Gasteiger partial charge in [0.2, 0.25) is 5.91 Å². The summed E-state index contributed by atoms with van der Waals surface area (Å²) >= 11 is 0. The summed E-state index contributed by atoms with van der Waals surface area (Å²) in [5.41, 5.74) is 0.00347. The predicted molar refractivity (Wildman–Crippen MR) is 102 cm³/mol. The molecule has 3 aliphatic rings. The number of nitro groups is 1. The van der Waals surface area contributed by atoms with E-state index in [1.165, 1.54) is 12.3 Å². The van der Waals surface area contributed by atoms with Gasteiger partial charge in [-0.15, -0.1) is 0 Å². The van der Waals surface area contributed by atoms with Crippen molar-refractivity contribution >= 4 is 17.4 Å². The Balaban J connectivity index is 1.34. The number of amides is 1. The molecule has 0 radical (unpaired) electrons. The molecule has 0 aliphatic carbocycles. The Hall–Kier alpha value is -2.73. The standard InChI is InChI=1S/C19H24N6O3/c20-10-16-2-1-7-23(16)19(26)12-21-13-8-14-3-4-15(9-13)24(14)18-6-5-17(11-22-18)25(27)28/h5-6,11,13-16,21H,1-4,7-9,12H2/t13?,14?,15?,16-/m0/s1. The van der Waals surface area contributed by atoms with E-state index >= 15 is 0 Å². The van der Waals surface area contributed by atoms with Crippen LogP contribution >= 0.6 is 0 Å². The van der Waals surface area contributed by atoms with E-state index in [2.05, 4.69) is 21.3 Å². The van der Waals surface area contributed by atoms with Gasteiger partial charge in [0.05, 0.1) is 17.5 Å². The van der Waals surface area contributed by atoms with Crippen LogP contribution in [0.5, 0.6) is 0 Å². The van der Waals surface area contributed by atoms with Gasteiger partial charge >= 0.3 is 0 Å². The SMILES string of the molecule is N#C[C@@H]1CCCN1C(=O)CNC1CC2CCC(C1)N2c1ccc([N+](=O)[O-])cn1. The summed E-state index contributed by atoms with van der Waals surface area (Å²) in [7, 11) is 0. The highest BCUT2D eigenvalue weighted by molar-refractivity contribution is 5.79. The van der Waals surface area contributed by atoms with Crippen LogP contribution in [0.1, 0.15) is 38.5 Å². The average molecular weight is 384 g/mol. The van der Waals surface area contributed by atoms with E-state index < -0.39 is 4.92 Å². The molecule has 3 atom stereocenters. The number of fused-ring (bicyclic) bond motifs is 2. The van der Waals surface area contributed by atoms with Gasteiger partial charge in [0.25, 0.3) is 5.69 Å². The predicted octanol–water partition coefficient (Wildman–Crippen LogP) is 1.59. The van der Waals surface area contributed by atoms with Crippen LogP contribution in [0, 0.1) is 21.4 Å². The van der Waals surface area contributed by atoms with Crippen LogP contribution in [0.4, 0.5) is 11.5 Å². The average Bonchev–Trinajstić information content (AvgIpc) is 3.28. The van der Waals surface area contributed by atoms with Crippen LogP contribution in [-0.2, 0) is 4.79 Å². The first-order valence-corrected chi connectivity index (χ1v) is 9.88. The third-order valence-electron chi connectivity index (χ3n) is 6.20. The molecule has 4 rings (SSSR count). The fraction of sp³-hybridized carbons (Fsp3) is 0.632. The zero-order valence-electron chi connectivity index (χ0n) is 15.7. The second-order valence-electron chi connectivity index (χ2n) is 7.85. The van der Waals surface area contributed by atoms with Gasteiger partial charge in [0.15, 0.2) is 0 Å². The van der Waals surface area contributed by atoms with Gasteiger partial charge in [-0.1, -0.05) is 0 Å². The van der Waals surface area contributed by atoms with Crippen LogP contribution in [0.3, 0.4) is 0 Å². The molecule has 9 nitrogen and oxygen atoms in total. The van der Waals surface area contributed by atoms with Crippen molar-refractivity contribution < 1.29 is 9.72 Å². The molecule has 3 fully saturated rings. The van der Waals surface area contributed by atoms with Gasteiger partial charge in [0, 0.05) is 30.7 Å². The molecule has 1 amide bonds. The summed E-state index contributed by atoms with van der Waals surface area (Å²) in [6.45, 7) is 0.951. The van der Waals surface area contributed by atoms with E-state index in [1.54, 1.807) is 11.0 Å². The summed E-state index contributed by atoms with van der Waals surface area (Å²) in [5.74, 6) is 0.803. The highest BCUT2D eigenvalue weighted by Crippen LogP contribution is 2.38. The molecule has 0 spiro atoms. The van der Waals surface area contributed by atoms with Crippen LogP contribution in [0.2, 0.25) is 0 Å². The van der Waals surface area contributed by atoms with Crippen LogP contribution in [-0.4, -0.2) is 58.0 Å². The Kier molecular flexibility index (Phi) is 5.13. The second kappa shape index (κ2) is 7.72. The number of nitrogens with zero attached hydrogens (tertiary/aromatic N) is 5. The molecule has 2 bridgehead atoms. The maximum atomic E-state index is 12.4. The van der Waals surface area contributed by atoms with Crippen LogP contribution < -0.4 is 10.2 Å². The molecule has 3 saturated heterocycles. The number of pyridine rings is 1. The zero-order valence-corrected chi connectivity index (χ0v) is 15.7. The second-order valence-corrected chi connectivity index (χ2v) is 7.85. The fourth-order valence-corrected chi connectivity index (χ4v) is 4.89. The van der Waals surface area contributed by atoms with Crippen LogP contribution in [0.25, 0.3) is 0 Å². The number of rotatable bonds is 5. The fourth-order valence-electron chi connectivity index (χ4n) is 4.89. The van der Waals surface area contributed by atoms with Gasteiger partial charge in [-0.05, 0) is 44.6 Å². The minimum Gasteiger partial charge on any atom is -0.351 e. The van der Waals surface area contributed by atoms with Gasteiger partial charge in [-0.25, -0.2) is 4.98 Å². The minimum absolute atomic E-state index is 0.00347. The molecule has 1 N–H and O–H groups in total. The normalized spacial score (nSPS) is 29.0. The number of nitriles is 1. The van der Waals surface area contributed by atoms with Crippen molar-refractivity contribution in [1.82, 2.24) is 15.2 Å². The first-order valence-electron chi connectivity index (χ1n) is 9.88. The Bertz CT molecular complexity index is 778. The molecule has 0 aromatic carbocycles. The Morgan fingerprint density at radius 3 is 2.68 bits per heavy atom. The quantitative estimate of drug-likeness (QED) is 0.605. The monoisotopic (exact) mass is 384 g/mol. The van der Waals surface area contributed by atoms with Crippen molar-refractivity contribution in [2.24, 2.45) is 0 Å². The number of hydrogen-bond acceptors (Lipinski definition) is 7. The molecular formula is C19H24N6O3. The molecule has 1 aromatic heterocycles. The molecule has 2 unspecified atom stereocenters. The number of anilines is 1. The summed E-state index contributed by atoms with van der Waals surface area (Å²) < 4.78 is 0.